The number of hydrogen-bond donors (Lipinski definition) is 1. The number of hydrogen-bond acceptors (Lipinski definition) is 3. The number of amides is 1. The van der Waals surface area contributed by atoms with Gasteiger partial charge < -0.3 is 10.1 Å². The number of rotatable bonds is 7. The molecule has 1 aromatic carbocycles. The molecule has 0 radical (unpaired) electrons. The molecule has 0 spiro atoms. The second-order valence-electron chi connectivity index (χ2n) is 5.46. The Labute approximate surface area is 144 Å². The third-order valence-electron chi connectivity index (χ3n) is 3.60. The molecular formula is C18H19F3N2O2. The Hall–Kier alpha value is -2.57. The fourth-order valence-corrected chi connectivity index (χ4v) is 2.40. The number of benzene rings is 1. The molecule has 4 nitrogen and oxygen atoms in total. The number of carbonyl (C=O) groups is 1. The second kappa shape index (κ2) is 8.50. The van der Waals surface area contributed by atoms with Gasteiger partial charge >= 0.3 is 6.18 Å². The molecule has 1 atom stereocenters. The maximum absolute atomic E-state index is 12.4. The average Bonchev–Trinajstić information content (AvgIpc) is 2.60. The van der Waals surface area contributed by atoms with Gasteiger partial charge in [-0.1, -0.05) is 43.3 Å². The van der Waals surface area contributed by atoms with E-state index in [1.165, 1.54) is 6.20 Å². The molecule has 0 aliphatic carbocycles. The first-order valence-electron chi connectivity index (χ1n) is 7.87. The molecule has 1 N–H and O–H groups in total. The van der Waals surface area contributed by atoms with Crippen LogP contribution in [-0.4, -0.2) is 23.7 Å². The van der Waals surface area contributed by atoms with Crippen molar-refractivity contribution in [3.05, 3.63) is 59.8 Å². The van der Waals surface area contributed by atoms with Crippen molar-refractivity contribution in [3.8, 4) is 5.88 Å². The molecule has 0 saturated carbocycles. The highest BCUT2D eigenvalue weighted by molar-refractivity contribution is 5.83. The van der Waals surface area contributed by atoms with E-state index < -0.39 is 12.8 Å². The van der Waals surface area contributed by atoms with E-state index in [0.29, 0.717) is 12.0 Å². The summed E-state index contributed by atoms with van der Waals surface area (Å²) in [7, 11) is 0. The van der Waals surface area contributed by atoms with Gasteiger partial charge in [0.2, 0.25) is 11.8 Å². The van der Waals surface area contributed by atoms with Crippen LogP contribution < -0.4 is 10.1 Å². The highest BCUT2D eigenvalue weighted by Crippen LogP contribution is 2.22. The second-order valence-corrected chi connectivity index (χ2v) is 5.46. The Morgan fingerprint density at radius 1 is 1.20 bits per heavy atom. The maximum Gasteiger partial charge on any atom is 0.422 e. The molecule has 1 aromatic heterocycles. The van der Waals surface area contributed by atoms with Gasteiger partial charge in [0.05, 0.1) is 5.92 Å². The van der Waals surface area contributed by atoms with Crippen molar-refractivity contribution < 1.29 is 22.7 Å². The number of aromatic nitrogens is 1. The summed E-state index contributed by atoms with van der Waals surface area (Å²) in [6, 6.07) is 12.5. The Morgan fingerprint density at radius 2 is 1.92 bits per heavy atom. The molecule has 2 aromatic rings. The predicted molar refractivity (Wildman–Crippen MR) is 87.1 cm³/mol. The monoisotopic (exact) mass is 352 g/mol. The Balaban J connectivity index is 2.02. The first-order chi connectivity index (χ1) is 11.9. The number of pyridine rings is 1. The highest BCUT2D eigenvalue weighted by atomic mass is 19.4. The molecule has 1 unspecified atom stereocenters. The van der Waals surface area contributed by atoms with Crippen LogP contribution in [0.1, 0.15) is 30.4 Å². The molecule has 1 amide bonds. The topological polar surface area (TPSA) is 51.2 Å². The van der Waals surface area contributed by atoms with Crippen LogP contribution >= 0.6 is 0 Å². The van der Waals surface area contributed by atoms with E-state index in [0.717, 1.165) is 5.56 Å². The summed E-state index contributed by atoms with van der Waals surface area (Å²) < 4.78 is 41.6. The van der Waals surface area contributed by atoms with E-state index in [1.54, 1.807) is 12.1 Å². The summed E-state index contributed by atoms with van der Waals surface area (Å²) in [4.78, 5) is 16.2. The Bertz CT molecular complexity index is 690. The molecule has 0 saturated heterocycles. The van der Waals surface area contributed by atoms with Crippen LogP contribution in [0.5, 0.6) is 5.88 Å². The zero-order valence-corrected chi connectivity index (χ0v) is 13.7. The van der Waals surface area contributed by atoms with Gasteiger partial charge in [0, 0.05) is 18.3 Å². The van der Waals surface area contributed by atoms with Gasteiger partial charge in [-0.05, 0) is 18.1 Å². The molecule has 25 heavy (non-hydrogen) atoms. The molecular weight excluding hydrogens is 333 g/mol. The van der Waals surface area contributed by atoms with E-state index in [9.17, 15) is 18.0 Å². The van der Waals surface area contributed by atoms with Crippen molar-refractivity contribution in [3.63, 3.8) is 0 Å². The van der Waals surface area contributed by atoms with Crippen molar-refractivity contribution >= 4 is 5.91 Å². The lowest BCUT2D eigenvalue weighted by Gasteiger charge is -2.16. The summed E-state index contributed by atoms with van der Waals surface area (Å²) in [5, 5.41) is 2.75. The molecule has 134 valence electrons. The third kappa shape index (κ3) is 5.77. The Morgan fingerprint density at radius 3 is 2.56 bits per heavy atom. The van der Waals surface area contributed by atoms with Crippen molar-refractivity contribution in [2.75, 3.05) is 6.61 Å². The zero-order valence-electron chi connectivity index (χ0n) is 13.7. The van der Waals surface area contributed by atoms with Crippen LogP contribution in [0.4, 0.5) is 13.2 Å². The summed E-state index contributed by atoms with van der Waals surface area (Å²) in [5.41, 5.74) is 1.28. The molecule has 0 fully saturated rings. The van der Waals surface area contributed by atoms with Gasteiger partial charge in [-0.2, -0.15) is 13.2 Å². The van der Waals surface area contributed by atoms with E-state index >= 15 is 0 Å². The largest absolute Gasteiger partial charge is 0.468 e. The van der Waals surface area contributed by atoms with Crippen molar-refractivity contribution in [1.82, 2.24) is 10.3 Å². The molecule has 0 aliphatic rings. The summed E-state index contributed by atoms with van der Waals surface area (Å²) in [6.45, 7) is 0.523. The third-order valence-corrected chi connectivity index (χ3v) is 3.60. The lowest BCUT2D eigenvalue weighted by Crippen LogP contribution is -2.29. The fourth-order valence-electron chi connectivity index (χ4n) is 2.40. The minimum atomic E-state index is -4.45. The number of nitrogens with zero attached hydrogens (tertiary/aromatic N) is 1. The summed E-state index contributed by atoms with van der Waals surface area (Å²) in [5.74, 6) is -0.648. The van der Waals surface area contributed by atoms with Crippen LogP contribution in [0.3, 0.4) is 0 Å². The van der Waals surface area contributed by atoms with Crippen molar-refractivity contribution in [2.45, 2.75) is 32.0 Å². The number of carbonyl (C=O) groups excluding carboxylic acids is 1. The molecule has 2 rings (SSSR count). The predicted octanol–water partition coefficient (Wildman–Crippen LogP) is 3.83. The van der Waals surface area contributed by atoms with Gasteiger partial charge in [-0.25, -0.2) is 4.98 Å². The average molecular weight is 352 g/mol. The normalized spacial score (nSPS) is 12.5. The van der Waals surface area contributed by atoms with Crippen LogP contribution in [0.25, 0.3) is 0 Å². The smallest absolute Gasteiger partial charge is 0.422 e. The molecule has 1 heterocycles. The molecule has 0 aliphatic heterocycles. The lowest BCUT2D eigenvalue weighted by atomic mass is 9.95. The van der Waals surface area contributed by atoms with Crippen LogP contribution in [-0.2, 0) is 11.3 Å². The van der Waals surface area contributed by atoms with E-state index in [1.807, 2.05) is 37.3 Å². The first kappa shape index (κ1) is 18.8. The van der Waals surface area contributed by atoms with E-state index in [2.05, 4.69) is 10.3 Å². The summed E-state index contributed by atoms with van der Waals surface area (Å²) >= 11 is 0. The quantitative estimate of drug-likeness (QED) is 0.824. The minimum absolute atomic E-state index is 0.0448. The van der Waals surface area contributed by atoms with Gasteiger partial charge in [-0.3, -0.25) is 4.79 Å². The summed E-state index contributed by atoms with van der Waals surface area (Å²) in [6.07, 6.45) is -2.49. The zero-order chi connectivity index (χ0) is 18.3. The van der Waals surface area contributed by atoms with Crippen molar-refractivity contribution in [2.24, 2.45) is 0 Å². The highest BCUT2D eigenvalue weighted by Gasteiger charge is 2.29. The molecule has 0 bridgehead atoms. The number of alkyl halides is 3. The van der Waals surface area contributed by atoms with Crippen LogP contribution in [0.2, 0.25) is 0 Å². The number of nitrogens with one attached hydrogen (secondary N) is 1. The van der Waals surface area contributed by atoms with Gasteiger partial charge in [-0.15, -0.1) is 0 Å². The molecule has 7 heteroatoms. The first-order valence-corrected chi connectivity index (χ1v) is 7.87. The fraction of sp³-hybridized carbons (Fsp3) is 0.333. The maximum atomic E-state index is 12.4. The lowest BCUT2D eigenvalue weighted by molar-refractivity contribution is -0.154. The van der Waals surface area contributed by atoms with E-state index in [4.69, 9.17) is 4.74 Å². The van der Waals surface area contributed by atoms with Gasteiger partial charge in [0.15, 0.2) is 6.61 Å². The van der Waals surface area contributed by atoms with Crippen LogP contribution in [0.15, 0.2) is 48.7 Å². The van der Waals surface area contributed by atoms with Crippen molar-refractivity contribution in [1.29, 1.82) is 0 Å². The standard InChI is InChI=1S/C18H19F3N2O2/c1-2-15(13-7-4-3-5-8-13)16(24)23-11-14-9-6-10-22-17(14)25-12-18(19,20)21/h3-10,15H,2,11-12H2,1H3,(H,23,24). The Kier molecular flexibility index (Phi) is 6.38. The number of ether oxygens (including phenoxy) is 1. The van der Waals surface area contributed by atoms with Gasteiger partial charge in [0.1, 0.15) is 0 Å². The minimum Gasteiger partial charge on any atom is -0.468 e. The van der Waals surface area contributed by atoms with Gasteiger partial charge in [0.25, 0.3) is 0 Å². The van der Waals surface area contributed by atoms with E-state index in [-0.39, 0.29) is 24.2 Å². The SMILES string of the molecule is CCC(C(=O)NCc1cccnc1OCC(F)(F)F)c1ccccc1. The number of halogens is 3. The van der Waals surface area contributed by atoms with Crippen LogP contribution in [0, 0.1) is 0 Å².